The molecule has 0 radical (unpaired) electrons. The molecule has 0 atom stereocenters. The van der Waals surface area contributed by atoms with Gasteiger partial charge in [-0.25, -0.2) is 9.78 Å². The SMILES string of the molecule is O=C(O)/C=C/c1ccnc(NC(=O)c2ccccc2Cl)c1. The molecule has 0 aliphatic rings. The van der Waals surface area contributed by atoms with Crippen LogP contribution in [0.25, 0.3) is 6.08 Å². The third kappa shape index (κ3) is 4.15. The van der Waals surface area contributed by atoms with Gasteiger partial charge in [-0.05, 0) is 35.9 Å². The van der Waals surface area contributed by atoms with Gasteiger partial charge in [0, 0.05) is 12.3 Å². The molecule has 1 aromatic heterocycles. The highest BCUT2D eigenvalue weighted by atomic mass is 35.5. The van der Waals surface area contributed by atoms with E-state index in [-0.39, 0.29) is 5.91 Å². The van der Waals surface area contributed by atoms with Crippen molar-refractivity contribution in [2.24, 2.45) is 0 Å². The Morgan fingerprint density at radius 3 is 2.71 bits per heavy atom. The second-order valence-electron chi connectivity index (χ2n) is 4.08. The molecule has 0 aliphatic carbocycles. The van der Waals surface area contributed by atoms with Crippen molar-refractivity contribution in [3.8, 4) is 0 Å². The topological polar surface area (TPSA) is 79.3 Å². The average Bonchev–Trinajstić information content (AvgIpc) is 2.46. The molecule has 0 bridgehead atoms. The van der Waals surface area contributed by atoms with E-state index >= 15 is 0 Å². The molecule has 2 rings (SSSR count). The van der Waals surface area contributed by atoms with Crippen molar-refractivity contribution in [2.45, 2.75) is 0 Å². The number of carbonyl (C=O) groups excluding carboxylic acids is 1. The Bertz CT molecular complexity index is 714. The Morgan fingerprint density at radius 1 is 1.24 bits per heavy atom. The summed E-state index contributed by atoms with van der Waals surface area (Å²) in [6, 6.07) is 9.86. The lowest BCUT2D eigenvalue weighted by atomic mass is 10.2. The van der Waals surface area contributed by atoms with E-state index in [9.17, 15) is 9.59 Å². The summed E-state index contributed by atoms with van der Waals surface area (Å²) < 4.78 is 0. The molecule has 0 saturated heterocycles. The van der Waals surface area contributed by atoms with Crippen LogP contribution in [0.4, 0.5) is 5.82 Å². The van der Waals surface area contributed by atoms with Crippen LogP contribution in [0.2, 0.25) is 5.02 Å². The number of carbonyl (C=O) groups is 2. The first-order chi connectivity index (χ1) is 10.1. The summed E-state index contributed by atoms with van der Waals surface area (Å²) in [6.07, 6.45) is 3.90. The number of benzene rings is 1. The zero-order valence-corrected chi connectivity index (χ0v) is 11.5. The monoisotopic (exact) mass is 302 g/mol. The van der Waals surface area contributed by atoms with Gasteiger partial charge in [0.25, 0.3) is 5.91 Å². The maximum atomic E-state index is 12.1. The molecule has 1 amide bonds. The molecule has 2 N–H and O–H groups in total. The summed E-state index contributed by atoms with van der Waals surface area (Å²) in [4.78, 5) is 26.5. The zero-order valence-electron chi connectivity index (χ0n) is 10.8. The van der Waals surface area contributed by atoms with E-state index in [1.165, 1.54) is 12.3 Å². The average molecular weight is 303 g/mol. The minimum Gasteiger partial charge on any atom is -0.478 e. The molecule has 106 valence electrons. The van der Waals surface area contributed by atoms with E-state index in [1.807, 2.05) is 0 Å². The van der Waals surface area contributed by atoms with E-state index < -0.39 is 5.97 Å². The number of pyridine rings is 1. The van der Waals surface area contributed by atoms with Crippen LogP contribution in [0.15, 0.2) is 48.7 Å². The van der Waals surface area contributed by atoms with Gasteiger partial charge in [0.1, 0.15) is 5.82 Å². The quantitative estimate of drug-likeness (QED) is 0.851. The molecule has 0 saturated carbocycles. The summed E-state index contributed by atoms with van der Waals surface area (Å²) in [5.74, 6) is -1.12. The number of anilines is 1. The number of carboxylic acids is 1. The number of amides is 1. The second kappa shape index (κ2) is 6.67. The van der Waals surface area contributed by atoms with E-state index in [4.69, 9.17) is 16.7 Å². The smallest absolute Gasteiger partial charge is 0.328 e. The Kier molecular flexibility index (Phi) is 4.68. The lowest BCUT2D eigenvalue weighted by Crippen LogP contribution is -2.13. The van der Waals surface area contributed by atoms with Gasteiger partial charge in [0.15, 0.2) is 0 Å². The number of nitrogens with one attached hydrogen (secondary N) is 1. The number of carboxylic acid groups (broad SMARTS) is 1. The van der Waals surface area contributed by atoms with Crippen molar-refractivity contribution in [3.63, 3.8) is 0 Å². The van der Waals surface area contributed by atoms with Crippen LogP contribution in [-0.2, 0) is 4.79 Å². The predicted molar refractivity (Wildman–Crippen MR) is 80.3 cm³/mol. The molecular formula is C15H11ClN2O3. The third-order valence-electron chi connectivity index (χ3n) is 2.56. The van der Waals surface area contributed by atoms with Gasteiger partial charge in [0.05, 0.1) is 10.6 Å². The number of halogens is 1. The van der Waals surface area contributed by atoms with Crippen molar-refractivity contribution >= 4 is 35.4 Å². The fourth-order valence-corrected chi connectivity index (χ4v) is 1.84. The van der Waals surface area contributed by atoms with Gasteiger partial charge < -0.3 is 10.4 Å². The lowest BCUT2D eigenvalue weighted by Gasteiger charge is -2.06. The number of hydrogen-bond acceptors (Lipinski definition) is 3. The summed E-state index contributed by atoms with van der Waals surface area (Å²) in [6.45, 7) is 0. The number of hydrogen-bond donors (Lipinski definition) is 2. The lowest BCUT2D eigenvalue weighted by molar-refractivity contribution is -0.131. The van der Waals surface area contributed by atoms with E-state index in [0.29, 0.717) is 22.0 Å². The van der Waals surface area contributed by atoms with Gasteiger partial charge in [-0.1, -0.05) is 23.7 Å². The summed E-state index contributed by atoms with van der Waals surface area (Å²) in [5, 5.41) is 11.5. The molecule has 0 fully saturated rings. The predicted octanol–water partition coefficient (Wildman–Crippen LogP) is 3.09. The minimum absolute atomic E-state index is 0.312. The van der Waals surface area contributed by atoms with Crippen LogP contribution in [0.5, 0.6) is 0 Å². The first kappa shape index (κ1) is 14.7. The molecule has 0 spiro atoms. The highest BCUT2D eigenvalue weighted by Gasteiger charge is 2.10. The number of rotatable bonds is 4. The zero-order chi connectivity index (χ0) is 15.2. The molecule has 1 heterocycles. The Balaban J connectivity index is 2.17. The summed E-state index contributed by atoms with van der Waals surface area (Å²) >= 11 is 5.94. The normalized spacial score (nSPS) is 10.5. The van der Waals surface area contributed by atoms with Gasteiger partial charge in [-0.3, -0.25) is 4.79 Å². The molecule has 5 nitrogen and oxygen atoms in total. The van der Waals surface area contributed by atoms with E-state index in [2.05, 4.69) is 10.3 Å². The third-order valence-corrected chi connectivity index (χ3v) is 2.89. The molecule has 6 heteroatoms. The fourth-order valence-electron chi connectivity index (χ4n) is 1.62. The van der Waals surface area contributed by atoms with E-state index in [0.717, 1.165) is 6.08 Å². The van der Waals surface area contributed by atoms with Crippen LogP contribution in [-0.4, -0.2) is 22.0 Å². The highest BCUT2D eigenvalue weighted by Crippen LogP contribution is 2.17. The molecule has 0 aliphatic heterocycles. The highest BCUT2D eigenvalue weighted by molar-refractivity contribution is 6.34. The minimum atomic E-state index is -1.05. The Hall–Kier alpha value is -2.66. The van der Waals surface area contributed by atoms with Crippen molar-refractivity contribution in [3.05, 3.63) is 64.8 Å². The maximum Gasteiger partial charge on any atom is 0.328 e. The molecular weight excluding hydrogens is 292 g/mol. The largest absolute Gasteiger partial charge is 0.478 e. The Morgan fingerprint density at radius 2 is 2.00 bits per heavy atom. The summed E-state index contributed by atoms with van der Waals surface area (Å²) in [5.41, 5.74) is 0.953. The number of aliphatic carboxylic acids is 1. The van der Waals surface area contributed by atoms with Crippen molar-refractivity contribution in [1.82, 2.24) is 4.98 Å². The molecule has 1 aromatic carbocycles. The molecule has 21 heavy (non-hydrogen) atoms. The Labute approximate surface area is 125 Å². The molecule has 2 aromatic rings. The number of aromatic nitrogens is 1. The number of nitrogens with zero attached hydrogens (tertiary/aromatic N) is 1. The van der Waals surface area contributed by atoms with E-state index in [1.54, 1.807) is 36.4 Å². The van der Waals surface area contributed by atoms with Crippen LogP contribution in [0.1, 0.15) is 15.9 Å². The molecule has 0 unspecified atom stereocenters. The van der Waals surface area contributed by atoms with Crippen LogP contribution >= 0.6 is 11.6 Å². The maximum absolute atomic E-state index is 12.1. The first-order valence-electron chi connectivity index (χ1n) is 5.99. The van der Waals surface area contributed by atoms with Crippen LogP contribution in [0, 0.1) is 0 Å². The van der Waals surface area contributed by atoms with Gasteiger partial charge >= 0.3 is 5.97 Å². The van der Waals surface area contributed by atoms with Crippen molar-refractivity contribution < 1.29 is 14.7 Å². The van der Waals surface area contributed by atoms with Gasteiger partial charge in [-0.2, -0.15) is 0 Å². The van der Waals surface area contributed by atoms with Gasteiger partial charge in [0.2, 0.25) is 0 Å². The van der Waals surface area contributed by atoms with Crippen LogP contribution < -0.4 is 5.32 Å². The second-order valence-corrected chi connectivity index (χ2v) is 4.49. The standard InChI is InChI=1S/C15H11ClN2O3/c16-12-4-2-1-3-11(12)15(21)18-13-9-10(7-8-17-13)5-6-14(19)20/h1-9H,(H,19,20)(H,17,18,21)/b6-5+. The van der Waals surface area contributed by atoms with Crippen molar-refractivity contribution in [2.75, 3.05) is 5.32 Å². The first-order valence-corrected chi connectivity index (χ1v) is 6.37. The van der Waals surface area contributed by atoms with Crippen molar-refractivity contribution in [1.29, 1.82) is 0 Å². The fraction of sp³-hybridized carbons (Fsp3) is 0. The van der Waals surface area contributed by atoms with Crippen LogP contribution in [0.3, 0.4) is 0 Å². The summed E-state index contributed by atoms with van der Waals surface area (Å²) in [7, 11) is 0. The van der Waals surface area contributed by atoms with Gasteiger partial charge in [-0.15, -0.1) is 0 Å².